The van der Waals surface area contributed by atoms with Crippen LogP contribution in [0, 0.1) is 11.8 Å². The van der Waals surface area contributed by atoms with Crippen LogP contribution in [0.2, 0.25) is 0 Å². The Bertz CT molecular complexity index is 659. The fraction of sp³-hybridized carbons (Fsp3) is 0.875. The molecule has 0 aromatic rings. The Kier molecular flexibility index (Phi) is 8.00. The lowest BCUT2D eigenvalue weighted by molar-refractivity contribution is -0.136. The monoisotopic (exact) mass is 434 g/mol. The Hall–Kier alpha value is -1.63. The van der Waals surface area contributed by atoms with Gasteiger partial charge in [0.2, 0.25) is 5.91 Å². The first-order chi connectivity index (χ1) is 14.8. The van der Waals surface area contributed by atoms with Crippen LogP contribution in [-0.2, 0) is 9.59 Å². The molecule has 176 valence electrons. The van der Waals surface area contributed by atoms with Gasteiger partial charge in [-0.2, -0.15) is 0 Å². The van der Waals surface area contributed by atoms with Crippen LogP contribution >= 0.6 is 0 Å². The van der Waals surface area contributed by atoms with Gasteiger partial charge in [-0.15, -0.1) is 0 Å². The van der Waals surface area contributed by atoms with Crippen molar-refractivity contribution in [2.75, 3.05) is 33.2 Å². The number of amides is 4. The molecule has 31 heavy (non-hydrogen) atoms. The van der Waals surface area contributed by atoms with Crippen molar-refractivity contribution in [2.24, 2.45) is 11.8 Å². The zero-order chi connectivity index (χ0) is 22.6. The molecule has 0 aromatic heterocycles. The minimum absolute atomic E-state index is 0.0374. The lowest BCUT2D eigenvalue weighted by Gasteiger charge is -2.41. The largest absolute Gasteiger partial charge is 0.343 e. The van der Waals surface area contributed by atoms with E-state index in [1.807, 2.05) is 4.90 Å². The average molecular weight is 435 g/mol. The predicted octanol–water partition coefficient (Wildman–Crippen LogP) is 3.24. The molecule has 0 aliphatic carbocycles. The topological polar surface area (TPSA) is 73.0 Å². The number of nitrogens with zero attached hydrogens (tertiary/aromatic N) is 3. The molecular weight excluding hydrogens is 392 g/mol. The van der Waals surface area contributed by atoms with Gasteiger partial charge in [0.05, 0.1) is 0 Å². The van der Waals surface area contributed by atoms with Gasteiger partial charge in [-0.1, -0.05) is 27.2 Å². The summed E-state index contributed by atoms with van der Waals surface area (Å²) in [6.45, 7) is 9.31. The molecule has 0 spiro atoms. The third-order valence-electron chi connectivity index (χ3n) is 7.68. The second-order valence-electron chi connectivity index (χ2n) is 10.3. The summed E-state index contributed by atoms with van der Waals surface area (Å²) in [6.07, 6.45) is 7.76. The molecule has 0 aromatic carbocycles. The Morgan fingerprint density at radius 1 is 1.16 bits per heavy atom. The van der Waals surface area contributed by atoms with E-state index < -0.39 is 5.54 Å². The highest BCUT2D eigenvalue weighted by Crippen LogP contribution is 2.37. The van der Waals surface area contributed by atoms with Crippen molar-refractivity contribution in [3.63, 3.8) is 0 Å². The van der Waals surface area contributed by atoms with Crippen LogP contribution in [0.5, 0.6) is 0 Å². The van der Waals surface area contributed by atoms with Crippen LogP contribution in [0.25, 0.3) is 0 Å². The van der Waals surface area contributed by atoms with E-state index >= 15 is 0 Å². The fourth-order valence-corrected chi connectivity index (χ4v) is 5.71. The van der Waals surface area contributed by atoms with Crippen molar-refractivity contribution in [3.05, 3.63) is 0 Å². The molecule has 3 aliphatic rings. The molecule has 7 heteroatoms. The standard InChI is InChI=1S/C24H42N4O3/c1-5-13-24(19-10-15-27(16-11-19)21(29)9-8-18(2)3)22(30)28(23(31)25-24)17-12-20-7-6-14-26(20)4/h18-20H,5-17H2,1-4H3,(H,25,31)/t20-,24+/m0/s1. The van der Waals surface area contributed by atoms with Crippen LogP contribution in [0.4, 0.5) is 4.79 Å². The quantitative estimate of drug-likeness (QED) is 0.566. The van der Waals surface area contributed by atoms with E-state index in [9.17, 15) is 14.4 Å². The van der Waals surface area contributed by atoms with Crippen LogP contribution < -0.4 is 5.32 Å². The predicted molar refractivity (Wildman–Crippen MR) is 122 cm³/mol. The zero-order valence-electron chi connectivity index (χ0n) is 20.0. The van der Waals surface area contributed by atoms with Crippen molar-refractivity contribution in [3.8, 4) is 0 Å². The summed E-state index contributed by atoms with van der Waals surface area (Å²) in [4.78, 5) is 44.7. The van der Waals surface area contributed by atoms with Crippen molar-refractivity contribution < 1.29 is 14.4 Å². The summed E-state index contributed by atoms with van der Waals surface area (Å²) in [7, 11) is 2.13. The van der Waals surface area contributed by atoms with Gasteiger partial charge in [-0.05, 0) is 70.4 Å². The van der Waals surface area contributed by atoms with Crippen LogP contribution in [0.1, 0.15) is 78.6 Å². The summed E-state index contributed by atoms with van der Waals surface area (Å²) >= 11 is 0. The molecule has 1 N–H and O–H groups in total. The number of urea groups is 1. The Morgan fingerprint density at radius 3 is 2.45 bits per heavy atom. The first kappa shape index (κ1) is 24.0. The number of rotatable bonds is 9. The third kappa shape index (κ3) is 5.24. The van der Waals surface area contributed by atoms with E-state index in [0.717, 1.165) is 45.1 Å². The highest BCUT2D eigenvalue weighted by molar-refractivity contribution is 6.07. The van der Waals surface area contributed by atoms with Crippen molar-refractivity contribution in [1.29, 1.82) is 0 Å². The summed E-state index contributed by atoms with van der Waals surface area (Å²) < 4.78 is 0. The number of carbonyl (C=O) groups excluding carboxylic acids is 3. The van der Waals surface area contributed by atoms with E-state index in [0.29, 0.717) is 44.4 Å². The number of imide groups is 1. The first-order valence-corrected chi connectivity index (χ1v) is 12.4. The highest BCUT2D eigenvalue weighted by Gasteiger charge is 2.55. The maximum Gasteiger partial charge on any atom is 0.325 e. The van der Waals surface area contributed by atoms with Crippen molar-refractivity contribution in [1.82, 2.24) is 20.0 Å². The van der Waals surface area contributed by atoms with Crippen LogP contribution in [0.15, 0.2) is 0 Å². The van der Waals surface area contributed by atoms with Crippen molar-refractivity contribution >= 4 is 17.8 Å². The SMILES string of the molecule is CCC[C@]1(C2CCN(C(=O)CCC(C)C)CC2)NC(=O)N(CC[C@@H]2CCCN2C)C1=O. The lowest BCUT2D eigenvalue weighted by atomic mass is 9.74. The lowest BCUT2D eigenvalue weighted by Crippen LogP contribution is -2.56. The third-order valence-corrected chi connectivity index (χ3v) is 7.68. The summed E-state index contributed by atoms with van der Waals surface area (Å²) in [6, 6.07) is 0.233. The van der Waals surface area contributed by atoms with Gasteiger partial charge in [0.25, 0.3) is 5.91 Å². The molecule has 4 amide bonds. The van der Waals surface area contributed by atoms with E-state index in [4.69, 9.17) is 0 Å². The summed E-state index contributed by atoms with van der Waals surface area (Å²) in [5.74, 6) is 0.804. The number of piperidine rings is 1. The number of hydrogen-bond donors (Lipinski definition) is 1. The number of carbonyl (C=O) groups is 3. The highest BCUT2D eigenvalue weighted by atomic mass is 16.2. The zero-order valence-corrected chi connectivity index (χ0v) is 20.0. The van der Waals surface area contributed by atoms with Crippen LogP contribution in [-0.4, -0.2) is 77.4 Å². The van der Waals surface area contributed by atoms with Gasteiger partial charge in [0.1, 0.15) is 5.54 Å². The molecule has 0 saturated carbocycles. The second-order valence-corrected chi connectivity index (χ2v) is 10.3. The van der Waals surface area contributed by atoms with E-state index in [-0.39, 0.29) is 23.8 Å². The van der Waals surface area contributed by atoms with E-state index in [1.165, 1.54) is 11.3 Å². The molecule has 3 heterocycles. The van der Waals surface area contributed by atoms with Crippen LogP contribution in [0.3, 0.4) is 0 Å². The van der Waals surface area contributed by atoms with Gasteiger partial charge >= 0.3 is 6.03 Å². The first-order valence-electron chi connectivity index (χ1n) is 12.4. The van der Waals surface area contributed by atoms with E-state index in [1.54, 1.807) is 0 Å². The van der Waals surface area contributed by atoms with Gasteiger partial charge in [-0.3, -0.25) is 14.5 Å². The van der Waals surface area contributed by atoms with E-state index in [2.05, 4.69) is 38.0 Å². The number of likely N-dealkylation sites (tertiary alicyclic amines) is 2. The maximum absolute atomic E-state index is 13.6. The van der Waals surface area contributed by atoms with Gasteiger partial charge in [-0.25, -0.2) is 4.79 Å². The minimum Gasteiger partial charge on any atom is -0.343 e. The fourth-order valence-electron chi connectivity index (χ4n) is 5.71. The smallest absolute Gasteiger partial charge is 0.325 e. The molecule has 2 atom stereocenters. The number of hydrogen-bond acceptors (Lipinski definition) is 4. The molecule has 0 bridgehead atoms. The number of nitrogens with one attached hydrogen (secondary N) is 1. The molecule has 3 rings (SSSR count). The van der Waals surface area contributed by atoms with Crippen molar-refractivity contribution in [2.45, 2.75) is 90.1 Å². The van der Waals surface area contributed by atoms with Gasteiger partial charge in [0, 0.05) is 32.1 Å². The summed E-state index contributed by atoms with van der Waals surface area (Å²) in [5.41, 5.74) is -0.791. The van der Waals surface area contributed by atoms with Gasteiger partial charge < -0.3 is 15.1 Å². The molecule has 0 radical (unpaired) electrons. The molecule has 7 nitrogen and oxygen atoms in total. The Morgan fingerprint density at radius 2 is 1.87 bits per heavy atom. The molecule has 3 aliphatic heterocycles. The second kappa shape index (κ2) is 10.3. The Balaban J connectivity index is 1.62. The molecule has 3 saturated heterocycles. The maximum atomic E-state index is 13.6. The Labute approximate surface area is 187 Å². The molecule has 0 unspecified atom stereocenters. The molecular formula is C24H42N4O3. The average Bonchev–Trinajstić information content (AvgIpc) is 3.26. The van der Waals surface area contributed by atoms with Gasteiger partial charge in [0.15, 0.2) is 0 Å². The minimum atomic E-state index is -0.791. The normalized spacial score (nSPS) is 28.1. The summed E-state index contributed by atoms with van der Waals surface area (Å²) in [5, 5.41) is 3.13. The molecule has 3 fully saturated rings.